The van der Waals surface area contributed by atoms with Gasteiger partial charge in [0.15, 0.2) is 0 Å². The van der Waals surface area contributed by atoms with Crippen LogP contribution in [0.1, 0.15) is 32.6 Å². The average Bonchev–Trinajstić information content (AvgIpc) is 2.64. The highest BCUT2D eigenvalue weighted by molar-refractivity contribution is 5.90. The number of rotatable bonds is 14. The van der Waals surface area contributed by atoms with Crippen molar-refractivity contribution in [3.8, 4) is 0 Å². The van der Waals surface area contributed by atoms with Gasteiger partial charge in [-0.1, -0.05) is 12.8 Å². The Hall–Kier alpha value is -2.69. The van der Waals surface area contributed by atoms with E-state index in [4.69, 9.17) is 5.73 Å². The second-order valence-electron chi connectivity index (χ2n) is 5.78. The van der Waals surface area contributed by atoms with Gasteiger partial charge in [-0.3, -0.25) is 24.0 Å². The first-order chi connectivity index (χ1) is 12.8. The molecule has 11 heteroatoms. The third kappa shape index (κ3) is 16.5. The molecule has 0 fully saturated rings. The van der Waals surface area contributed by atoms with Gasteiger partial charge < -0.3 is 32.3 Å². The maximum Gasteiger partial charge on any atom is 0.239 e. The molecule has 11 nitrogen and oxygen atoms in total. The third-order valence-electron chi connectivity index (χ3n) is 3.32. The minimum absolute atomic E-state index is 0.0396. The lowest BCUT2D eigenvalue weighted by Gasteiger charge is -2.08. The quantitative estimate of drug-likeness (QED) is 0.175. The molecule has 0 unspecified atom stereocenters. The lowest BCUT2D eigenvalue weighted by Crippen LogP contribution is -2.45. The van der Waals surface area contributed by atoms with E-state index in [1.54, 1.807) is 0 Å². The van der Waals surface area contributed by atoms with Crippen molar-refractivity contribution >= 4 is 29.5 Å². The summed E-state index contributed by atoms with van der Waals surface area (Å²) in [6.07, 6.45) is 3.59. The van der Waals surface area contributed by atoms with Crippen LogP contribution >= 0.6 is 0 Å². The molecule has 0 heterocycles. The standard InChI is InChI=1S/C16H30N6O5/c1-12(23)18-6-4-2-3-5-7-19-14(25)9-21-16(27)11-22-15(26)10-20-13(24)8-17/h2-11,17H2,1H3,(H,18,23)(H,19,25)(H,20,24)(H,21,27)(H,22,26). The van der Waals surface area contributed by atoms with E-state index in [9.17, 15) is 24.0 Å². The molecule has 7 N–H and O–H groups in total. The molecule has 0 aromatic carbocycles. The SMILES string of the molecule is CC(=O)NCCCCCCNC(=O)CNC(=O)CNC(=O)CNC(=O)CN. The number of unbranched alkanes of at least 4 members (excludes halogenated alkanes) is 3. The van der Waals surface area contributed by atoms with E-state index < -0.39 is 17.7 Å². The summed E-state index contributed by atoms with van der Waals surface area (Å²) in [5.41, 5.74) is 5.07. The minimum atomic E-state index is -0.532. The van der Waals surface area contributed by atoms with Crippen LogP contribution in [0.4, 0.5) is 0 Å². The number of nitrogens with two attached hydrogens (primary N) is 1. The third-order valence-corrected chi connectivity index (χ3v) is 3.32. The molecule has 5 amide bonds. The van der Waals surface area contributed by atoms with Crippen molar-refractivity contribution in [2.24, 2.45) is 5.73 Å². The number of carbonyl (C=O) groups excluding carboxylic acids is 5. The normalized spacial score (nSPS) is 9.85. The Balaban J connectivity index is 3.57. The van der Waals surface area contributed by atoms with Crippen molar-refractivity contribution in [3.05, 3.63) is 0 Å². The van der Waals surface area contributed by atoms with Crippen LogP contribution in [0.2, 0.25) is 0 Å². The zero-order valence-electron chi connectivity index (χ0n) is 15.7. The van der Waals surface area contributed by atoms with Crippen LogP contribution in [0.15, 0.2) is 0 Å². The molecule has 0 spiro atoms. The Morgan fingerprint density at radius 1 is 0.593 bits per heavy atom. The zero-order chi connectivity index (χ0) is 20.5. The van der Waals surface area contributed by atoms with Gasteiger partial charge >= 0.3 is 0 Å². The lowest BCUT2D eigenvalue weighted by atomic mass is 10.2. The molecule has 0 atom stereocenters. The molecular formula is C16H30N6O5. The predicted octanol–water partition coefficient (Wildman–Crippen LogP) is -2.89. The summed E-state index contributed by atoms with van der Waals surface area (Å²) in [4.78, 5) is 56.0. The molecule has 154 valence electrons. The molecule has 0 saturated heterocycles. The Bertz CT molecular complexity index is 512. The van der Waals surface area contributed by atoms with Crippen LogP contribution in [0.5, 0.6) is 0 Å². The summed E-state index contributed by atoms with van der Waals surface area (Å²) >= 11 is 0. The first-order valence-corrected chi connectivity index (χ1v) is 8.86. The molecule has 0 saturated carbocycles. The molecule has 0 aromatic rings. The van der Waals surface area contributed by atoms with E-state index in [0.29, 0.717) is 13.1 Å². The van der Waals surface area contributed by atoms with Crippen LogP contribution in [0.3, 0.4) is 0 Å². The fourth-order valence-corrected chi connectivity index (χ4v) is 1.89. The first kappa shape index (κ1) is 24.3. The van der Waals surface area contributed by atoms with Gasteiger partial charge in [-0.15, -0.1) is 0 Å². The van der Waals surface area contributed by atoms with Crippen LogP contribution in [0, 0.1) is 0 Å². The largest absolute Gasteiger partial charge is 0.356 e. The molecule has 0 radical (unpaired) electrons. The number of nitrogens with one attached hydrogen (secondary N) is 5. The maximum absolute atomic E-state index is 11.6. The summed E-state index contributed by atoms with van der Waals surface area (Å²) in [7, 11) is 0. The number of carbonyl (C=O) groups is 5. The molecule has 0 aliphatic heterocycles. The Labute approximate surface area is 158 Å². The number of amides is 5. The van der Waals surface area contributed by atoms with Gasteiger partial charge in [0, 0.05) is 20.0 Å². The van der Waals surface area contributed by atoms with E-state index in [1.807, 2.05) is 0 Å². The Morgan fingerprint density at radius 2 is 1.00 bits per heavy atom. The summed E-state index contributed by atoms with van der Waals surface area (Å²) < 4.78 is 0. The molecule has 27 heavy (non-hydrogen) atoms. The fourth-order valence-electron chi connectivity index (χ4n) is 1.89. The lowest BCUT2D eigenvalue weighted by molar-refractivity contribution is -0.128. The van der Waals surface area contributed by atoms with E-state index in [-0.39, 0.29) is 38.0 Å². The fraction of sp³-hybridized carbons (Fsp3) is 0.688. The molecular weight excluding hydrogens is 356 g/mol. The van der Waals surface area contributed by atoms with Gasteiger partial charge in [0.05, 0.1) is 26.2 Å². The van der Waals surface area contributed by atoms with Gasteiger partial charge in [-0.05, 0) is 12.8 Å². The predicted molar refractivity (Wildman–Crippen MR) is 98.2 cm³/mol. The Morgan fingerprint density at radius 3 is 1.44 bits per heavy atom. The highest BCUT2D eigenvalue weighted by Gasteiger charge is 2.08. The van der Waals surface area contributed by atoms with Gasteiger partial charge in [0.2, 0.25) is 29.5 Å². The van der Waals surface area contributed by atoms with Gasteiger partial charge in [0.1, 0.15) is 0 Å². The summed E-state index contributed by atoms with van der Waals surface area (Å²) in [5, 5.41) is 12.3. The van der Waals surface area contributed by atoms with Gasteiger partial charge in [-0.2, -0.15) is 0 Å². The molecule has 0 bridgehead atoms. The second-order valence-corrected chi connectivity index (χ2v) is 5.78. The summed E-state index contributed by atoms with van der Waals surface area (Å²) in [6.45, 7) is 1.68. The van der Waals surface area contributed by atoms with Crippen molar-refractivity contribution < 1.29 is 24.0 Å². The van der Waals surface area contributed by atoms with Crippen molar-refractivity contribution in [3.63, 3.8) is 0 Å². The van der Waals surface area contributed by atoms with Crippen molar-refractivity contribution in [1.82, 2.24) is 26.6 Å². The van der Waals surface area contributed by atoms with Crippen LogP contribution in [0.25, 0.3) is 0 Å². The van der Waals surface area contributed by atoms with Crippen LogP contribution < -0.4 is 32.3 Å². The number of hydrogen-bond acceptors (Lipinski definition) is 6. The molecule has 0 aliphatic rings. The summed E-state index contributed by atoms with van der Waals surface area (Å²) in [6, 6.07) is 0. The highest BCUT2D eigenvalue weighted by Crippen LogP contribution is 1.97. The number of hydrogen-bond donors (Lipinski definition) is 6. The van der Waals surface area contributed by atoms with Gasteiger partial charge in [0.25, 0.3) is 0 Å². The minimum Gasteiger partial charge on any atom is -0.356 e. The van der Waals surface area contributed by atoms with Gasteiger partial charge in [-0.25, -0.2) is 0 Å². The molecule has 0 aliphatic carbocycles. The van der Waals surface area contributed by atoms with E-state index in [0.717, 1.165) is 25.7 Å². The topological polar surface area (TPSA) is 172 Å². The zero-order valence-corrected chi connectivity index (χ0v) is 15.7. The Kier molecular flexibility index (Phi) is 14.0. The van der Waals surface area contributed by atoms with Crippen molar-refractivity contribution in [2.75, 3.05) is 39.3 Å². The first-order valence-electron chi connectivity index (χ1n) is 8.86. The summed E-state index contributed by atoms with van der Waals surface area (Å²) in [5.74, 6) is -1.87. The monoisotopic (exact) mass is 386 g/mol. The second kappa shape index (κ2) is 15.6. The van der Waals surface area contributed by atoms with E-state index >= 15 is 0 Å². The average molecular weight is 386 g/mol. The van der Waals surface area contributed by atoms with Crippen molar-refractivity contribution in [2.45, 2.75) is 32.6 Å². The van der Waals surface area contributed by atoms with E-state index in [1.165, 1.54) is 6.92 Å². The molecule has 0 rings (SSSR count). The van der Waals surface area contributed by atoms with E-state index in [2.05, 4.69) is 26.6 Å². The van der Waals surface area contributed by atoms with Crippen LogP contribution in [-0.2, 0) is 24.0 Å². The molecule has 0 aromatic heterocycles. The highest BCUT2D eigenvalue weighted by atomic mass is 16.2. The smallest absolute Gasteiger partial charge is 0.239 e. The maximum atomic E-state index is 11.6. The van der Waals surface area contributed by atoms with Crippen molar-refractivity contribution in [1.29, 1.82) is 0 Å². The van der Waals surface area contributed by atoms with Crippen LogP contribution in [-0.4, -0.2) is 68.8 Å².